The molecule has 0 spiro atoms. The molecule has 3 heterocycles. The Morgan fingerprint density at radius 2 is 1.43 bits per heavy atom. The summed E-state index contributed by atoms with van der Waals surface area (Å²) >= 11 is 0. The average Bonchev–Trinajstić information content (AvgIpc) is 3.38. The van der Waals surface area contributed by atoms with Crippen molar-refractivity contribution < 1.29 is 9.21 Å². The van der Waals surface area contributed by atoms with Crippen LogP contribution in [0.1, 0.15) is 21.6 Å². The van der Waals surface area contributed by atoms with Crippen molar-refractivity contribution in [1.29, 1.82) is 0 Å². The number of aromatic nitrogens is 1. The Kier molecular flexibility index (Phi) is 5.11. The lowest BCUT2D eigenvalue weighted by Gasteiger charge is -2.35. The number of carbonyl (C=O) groups is 1. The van der Waals surface area contributed by atoms with Crippen LogP contribution in [0.4, 0.5) is 0 Å². The van der Waals surface area contributed by atoms with E-state index in [1.165, 1.54) is 5.56 Å². The van der Waals surface area contributed by atoms with E-state index in [0.717, 1.165) is 49.4 Å². The first-order valence-corrected chi connectivity index (χ1v) is 10.4. The Morgan fingerprint density at radius 3 is 2.10 bits per heavy atom. The van der Waals surface area contributed by atoms with Gasteiger partial charge in [-0.05, 0) is 11.1 Å². The second kappa shape index (κ2) is 8.20. The molecule has 1 saturated heterocycles. The smallest absolute Gasteiger partial charge is 0.270 e. The topological polar surface area (TPSA) is 41.6 Å². The van der Waals surface area contributed by atoms with Gasteiger partial charge in [-0.1, -0.05) is 60.7 Å². The number of benzene rings is 2. The third-order valence-electron chi connectivity index (χ3n) is 5.83. The highest BCUT2D eigenvalue weighted by atomic mass is 16.3. The third kappa shape index (κ3) is 3.76. The van der Waals surface area contributed by atoms with E-state index in [1.807, 2.05) is 41.3 Å². The molecular formula is C25H25N3O2. The van der Waals surface area contributed by atoms with Gasteiger partial charge in [-0.3, -0.25) is 9.69 Å². The third-order valence-corrected chi connectivity index (χ3v) is 5.83. The van der Waals surface area contributed by atoms with Crippen LogP contribution >= 0.6 is 0 Å². The molecule has 0 atom stereocenters. The van der Waals surface area contributed by atoms with Crippen LogP contribution in [0.2, 0.25) is 0 Å². The number of fused-ring (bicyclic) bond motifs is 1. The zero-order chi connectivity index (χ0) is 20.3. The lowest BCUT2D eigenvalue weighted by atomic mass is 10.2. The number of furan rings is 1. The van der Waals surface area contributed by atoms with Crippen molar-refractivity contribution in [1.82, 2.24) is 14.4 Å². The zero-order valence-electron chi connectivity index (χ0n) is 16.9. The molecule has 0 bridgehead atoms. The molecule has 1 aliphatic heterocycles. The van der Waals surface area contributed by atoms with E-state index in [4.69, 9.17) is 4.42 Å². The molecule has 1 aliphatic rings. The van der Waals surface area contributed by atoms with Gasteiger partial charge in [0.2, 0.25) is 0 Å². The average molecular weight is 399 g/mol. The molecule has 30 heavy (non-hydrogen) atoms. The van der Waals surface area contributed by atoms with Gasteiger partial charge in [-0.15, -0.1) is 0 Å². The normalized spacial score (nSPS) is 15.0. The van der Waals surface area contributed by atoms with E-state index >= 15 is 0 Å². The summed E-state index contributed by atoms with van der Waals surface area (Å²) in [5, 5.41) is 0. The summed E-state index contributed by atoms with van der Waals surface area (Å²) in [5.74, 6) is 0.0803. The Morgan fingerprint density at radius 1 is 0.800 bits per heavy atom. The zero-order valence-corrected chi connectivity index (χ0v) is 16.9. The minimum absolute atomic E-state index is 0.0803. The molecule has 2 aromatic carbocycles. The number of hydrogen-bond donors (Lipinski definition) is 0. The van der Waals surface area contributed by atoms with Crippen LogP contribution < -0.4 is 0 Å². The summed E-state index contributed by atoms with van der Waals surface area (Å²) in [6.07, 6.45) is 1.68. The second-order valence-electron chi connectivity index (χ2n) is 7.83. The maximum absolute atomic E-state index is 13.4. The van der Waals surface area contributed by atoms with Crippen LogP contribution in [0.5, 0.6) is 0 Å². The lowest BCUT2D eigenvalue weighted by Crippen LogP contribution is -2.48. The summed E-state index contributed by atoms with van der Waals surface area (Å²) in [6, 6.07) is 24.6. The molecule has 0 saturated carbocycles. The van der Waals surface area contributed by atoms with Crippen LogP contribution in [-0.2, 0) is 13.1 Å². The van der Waals surface area contributed by atoms with Gasteiger partial charge in [0.1, 0.15) is 5.69 Å². The molecule has 2 aromatic heterocycles. The SMILES string of the molecule is O=C(c1cc2occc2n1Cc1ccccc1)N1CCN(Cc2ccccc2)CC1. The first-order chi connectivity index (χ1) is 14.8. The first-order valence-electron chi connectivity index (χ1n) is 10.4. The molecule has 152 valence electrons. The highest BCUT2D eigenvalue weighted by Crippen LogP contribution is 2.24. The predicted octanol–water partition coefficient (Wildman–Crippen LogP) is 4.24. The number of carbonyl (C=O) groups excluding carboxylic acids is 1. The standard InChI is InChI=1S/C25H25N3O2/c29-25(27-14-12-26(13-15-27)18-20-7-3-1-4-8-20)23-17-24-22(11-16-30-24)28(23)19-21-9-5-2-6-10-21/h1-11,16-17H,12-15,18-19H2. The summed E-state index contributed by atoms with van der Waals surface area (Å²) < 4.78 is 7.67. The van der Waals surface area contributed by atoms with E-state index in [0.29, 0.717) is 12.2 Å². The molecule has 5 nitrogen and oxygen atoms in total. The molecular weight excluding hydrogens is 374 g/mol. The molecule has 4 aromatic rings. The largest absolute Gasteiger partial charge is 0.463 e. The fraction of sp³-hybridized carbons (Fsp3) is 0.240. The van der Waals surface area contributed by atoms with Crippen LogP contribution in [0.15, 0.2) is 83.5 Å². The maximum atomic E-state index is 13.4. The van der Waals surface area contributed by atoms with Gasteiger partial charge in [-0.25, -0.2) is 0 Å². The van der Waals surface area contributed by atoms with Gasteiger partial charge in [-0.2, -0.15) is 0 Å². The summed E-state index contributed by atoms with van der Waals surface area (Å²) in [7, 11) is 0. The van der Waals surface area contributed by atoms with Crippen molar-refractivity contribution in [2.24, 2.45) is 0 Å². The number of amides is 1. The summed E-state index contributed by atoms with van der Waals surface area (Å²) in [4.78, 5) is 17.8. The van der Waals surface area contributed by atoms with Crippen molar-refractivity contribution in [3.63, 3.8) is 0 Å². The van der Waals surface area contributed by atoms with Crippen LogP contribution in [0, 0.1) is 0 Å². The van der Waals surface area contributed by atoms with Gasteiger partial charge in [0.15, 0.2) is 5.58 Å². The molecule has 0 radical (unpaired) electrons. The van der Waals surface area contributed by atoms with Gasteiger partial charge < -0.3 is 13.9 Å². The van der Waals surface area contributed by atoms with Gasteiger partial charge >= 0.3 is 0 Å². The van der Waals surface area contributed by atoms with Crippen molar-refractivity contribution in [3.8, 4) is 0 Å². The first kappa shape index (κ1) is 18.7. The Labute approximate surface area is 176 Å². The Hall–Kier alpha value is -3.31. The summed E-state index contributed by atoms with van der Waals surface area (Å²) in [6.45, 7) is 4.83. The van der Waals surface area contributed by atoms with Crippen molar-refractivity contribution in [2.45, 2.75) is 13.1 Å². The van der Waals surface area contributed by atoms with Crippen molar-refractivity contribution in [3.05, 3.63) is 95.9 Å². The molecule has 5 heteroatoms. The number of hydrogen-bond acceptors (Lipinski definition) is 3. The van der Waals surface area contributed by atoms with Crippen LogP contribution in [0.25, 0.3) is 11.1 Å². The minimum Gasteiger partial charge on any atom is -0.463 e. The van der Waals surface area contributed by atoms with Crippen LogP contribution in [-0.4, -0.2) is 46.5 Å². The second-order valence-corrected chi connectivity index (χ2v) is 7.83. The van der Waals surface area contributed by atoms with E-state index in [-0.39, 0.29) is 5.91 Å². The van der Waals surface area contributed by atoms with E-state index in [2.05, 4.69) is 45.9 Å². The highest BCUT2D eigenvalue weighted by Gasteiger charge is 2.26. The summed E-state index contributed by atoms with van der Waals surface area (Å²) in [5.41, 5.74) is 4.90. The van der Waals surface area contributed by atoms with E-state index in [9.17, 15) is 4.79 Å². The fourth-order valence-corrected chi connectivity index (χ4v) is 4.20. The number of piperazine rings is 1. The van der Waals surface area contributed by atoms with E-state index < -0.39 is 0 Å². The van der Waals surface area contributed by atoms with Crippen molar-refractivity contribution in [2.75, 3.05) is 26.2 Å². The quantitative estimate of drug-likeness (QED) is 0.504. The van der Waals surface area contributed by atoms with E-state index in [1.54, 1.807) is 6.26 Å². The minimum atomic E-state index is 0.0803. The number of nitrogens with zero attached hydrogens (tertiary/aromatic N) is 3. The monoisotopic (exact) mass is 399 g/mol. The number of rotatable bonds is 5. The molecule has 5 rings (SSSR count). The molecule has 0 N–H and O–H groups in total. The van der Waals surface area contributed by atoms with Gasteiger partial charge in [0.05, 0.1) is 11.8 Å². The molecule has 0 aliphatic carbocycles. The van der Waals surface area contributed by atoms with Gasteiger partial charge in [0.25, 0.3) is 5.91 Å². The molecule has 1 fully saturated rings. The Bertz CT molecular complexity index is 1120. The molecule has 1 amide bonds. The predicted molar refractivity (Wildman–Crippen MR) is 117 cm³/mol. The fourth-order valence-electron chi connectivity index (χ4n) is 4.20. The highest BCUT2D eigenvalue weighted by molar-refractivity contribution is 5.97. The van der Waals surface area contributed by atoms with Crippen LogP contribution in [0.3, 0.4) is 0 Å². The van der Waals surface area contributed by atoms with Crippen molar-refractivity contribution >= 4 is 17.0 Å². The van der Waals surface area contributed by atoms with Gasteiger partial charge in [0, 0.05) is 51.4 Å². The Balaban J connectivity index is 1.32. The molecule has 0 unspecified atom stereocenters. The lowest BCUT2D eigenvalue weighted by molar-refractivity contribution is 0.0619. The maximum Gasteiger partial charge on any atom is 0.270 e.